The predicted molar refractivity (Wildman–Crippen MR) is 161 cm³/mol. The summed E-state index contributed by atoms with van der Waals surface area (Å²) in [6.45, 7) is 6.63. The molecule has 4 aromatic rings. The average molecular weight is 495 g/mol. The molecular formula is C36H34Si. The van der Waals surface area contributed by atoms with Gasteiger partial charge in [0.15, 0.2) is 0 Å². The number of rotatable bonds is 7. The lowest BCUT2D eigenvalue weighted by Crippen LogP contribution is -2.08. The summed E-state index contributed by atoms with van der Waals surface area (Å²) in [6.07, 6.45) is 9.89. The van der Waals surface area contributed by atoms with Gasteiger partial charge in [0.25, 0.3) is 0 Å². The van der Waals surface area contributed by atoms with E-state index in [1.54, 1.807) is 10.4 Å². The quantitative estimate of drug-likeness (QED) is 0.224. The third kappa shape index (κ3) is 4.69. The lowest BCUT2D eigenvalue weighted by atomic mass is 9.91. The minimum absolute atomic E-state index is 0.542. The fraction of sp³-hybridized carbons (Fsp3) is 0.222. The van der Waals surface area contributed by atoms with Crippen molar-refractivity contribution in [3.05, 3.63) is 129 Å². The molecule has 182 valence electrons. The highest BCUT2D eigenvalue weighted by molar-refractivity contribution is 6.57. The van der Waals surface area contributed by atoms with Gasteiger partial charge in [-0.2, -0.15) is 0 Å². The van der Waals surface area contributed by atoms with E-state index in [4.69, 9.17) is 0 Å². The van der Waals surface area contributed by atoms with Crippen molar-refractivity contribution in [3.63, 3.8) is 0 Å². The second kappa shape index (κ2) is 10.1. The zero-order valence-electron chi connectivity index (χ0n) is 22.1. The van der Waals surface area contributed by atoms with Crippen LogP contribution in [0.25, 0.3) is 34.4 Å². The van der Waals surface area contributed by atoms with Crippen LogP contribution in [0.1, 0.15) is 65.5 Å². The number of aryl methyl sites for hydroxylation is 2. The molecule has 1 atom stereocenters. The molecule has 0 N–H and O–H groups in total. The summed E-state index contributed by atoms with van der Waals surface area (Å²) in [6, 6.07) is 31.8. The lowest BCUT2D eigenvalue weighted by Gasteiger charge is -2.17. The van der Waals surface area contributed by atoms with E-state index in [2.05, 4.69) is 118 Å². The molecular weight excluding hydrogens is 460 g/mol. The largest absolute Gasteiger partial charge is 0.111 e. The third-order valence-corrected chi connectivity index (χ3v) is 9.39. The van der Waals surface area contributed by atoms with Crippen LogP contribution >= 0.6 is 0 Å². The SMILES string of the molecule is CCCCC1C([Si]C2=Cc3c(cccc3-c3ccc(C)cc3)C2)=Cc2c(-c3ccc(C)cc3)cccc21. The molecule has 0 nitrogen and oxygen atoms in total. The van der Waals surface area contributed by atoms with Crippen molar-refractivity contribution in [2.24, 2.45) is 0 Å². The van der Waals surface area contributed by atoms with Gasteiger partial charge in [0.2, 0.25) is 0 Å². The first-order valence-electron chi connectivity index (χ1n) is 13.7. The van der Waals surface area contributed by atoms with Gasteiger partial charge >= 0.3 is 0 Å². The molecule has 0 saturated carbocycles. The molecule has 1 unspecified atom stereocenters. The number of benzene rings is 4. The van der Waals surface area contributed by atoms with Crippen molar-refractivity contribution in [2.45, 2.75) is 52.4 Å². The van der Waals surface area contributed by atoms with Crippen LogP contribution in [0, 0.1) is 13.8 Å². The normalized spacial score (nSPS) is 15.8. The van der Waals surface area contributed by atoms with Crippen molar-refractivity contribution in [1.29, 1.82) is 0 Å². The van der Waals surface area contributed by atoms with E-state index >= 15 is 0 Å². The topological polar surface area (TPSA) is 0 Å². The Labute approximate surface area is 224 Å². The smallest absolute Gasteiger partial charge is 0.0748 e. The van der Waals surface area contributed by atoms with Gasteiger partial charge in [0, 0.05) is 5.92 Å². The molecule has 0 saturated heterocycles. The van der Waals surface area contributed by atoms with Crippen LogP contribution in [-0.2, 0) is 6.42 Å². The molecule has 2 aliphatic carbocycles. The van der Waals surface area contributed by atoms with Gasteiger partial charge in [-0.25, -0.2) is 0 Å². The fourth-order valence-corrected chi connectivity index (χ4v) is 7.47. The maximum Gasteiger partial charge on any atom is 0.111 e. The van der Waals surface area contributed by atoms with E-state index in [9.17, 15) is 0 Å². The standard InChI is InChI=1S/C36H34Si/c1-4-5-9-33-32-12-7-11-31(27-19-15-25(3)16-20-27)35(32)23-36(33)37-29-21-28-8-6-10-30(34(28)22-29)26-17-13-24(2)14-18-26/h6-8,10-20,22-23,33H,4-5,9,21H2,1-3H3. The number of fused-ring (bicyclic) bond motifs is 2. The summed E-state index contributed by atoms with van der Waals surface area (Å²) in [4.78, 5) is 0. The Bertz CT molecular complexity index is 1500. The summed E-state index contributed by atoms with van der Waals surface area (Å²) in [7, 11) is 0.750. The molecule has 6 rings (SSSR count). The minimum atomic E-state index is 0.542. The zero-order chi connectivity index (χ0) is 25.4. The Kier molecular flexibility index (Phi) is 6.57. The van der Waals surface area contributed by atoms with Gasteiger partial charge in [-0.15, -0.1) is 0 Å². The first-order chi connectivity index (χ1) is 18.1. The van der Waals surface area contributed by atoms with Gasteiger partial charge in [-0.3, -0.25) is 0 Å². The highest BCUT2D eigenvalue weighted by Gasteiger charge is 2.29. The molecule has 0 fully saturated rings. The van der Waals surface area contributed by atoms with Crippen molar-refractivity contribution in [2.75, 3.05) is 0 Å². The van der Waals surface area contributed by atoms with Gasteiger partial charge in [-0.05, 0) is 71.2 Å². The zero-order valence-corrected chi connectivity index (χ0v) is 23.1. The summed E-state index contributed by atoms with van der Waals surface area (Å²) in [5.41, 5.74) is 13.9. The summed E-state index contributed by atoms with van der Waals surface area (Å²) >= 11 is 0. The number of hydrogen-bond acceptors (Lipinski definition) is 0. The maximum absolute atomic E-state index is 2.55. The number of allylic oxidation sites excluding steroid dienone is 2. The van der Waals surface area contributed by atoms with Crippen LogP contribution in [0.2, 0.25) is 0 Å². The Morgan fingerprint density at radius 3 is 1.97 bits per heavy atom. The molecule has 0 aliphatic heterocycles. The van der Waals surface area contributed by atoms with Crippen molar-refractivity contribution >= 4 is 21.7 Å². The molecule has 1 heteroatoms. The van der Waals surface area contributed by atoms with Crippen LogP contribution in [0.4, 0.5) is 0 Å². The summed E-state index contributed by atoms with van der Waals surface area (Å²) in [5, 5.41) is 3.20. The van der Waals surface area contributed by atoms with Crippen LogP contribution in [-0.4, -0.2) is 9.52 Å². The van der Waals surface area contributed by atoms with Crippen LogP contribution < -0.4 is 0 Å². The Hall–Kier alpha value is -3.42. The van der Waals surface area contributed by atoms with E-state index in [0.717, 1.165) is 15.9 Å². The second-order valence-electron chi connectivity index (χ2n) is 10.7. The second-order valence-corrected chi connectivity index (χ2v) is 12.2. The first kappa shape index (κ1) is 23.9. The van der Waals surface area contributed by atoms with Gasteiger partial charge in [0.1, 0.15) is 9.52 Å². The van der Waals surface area contributed by atoms with Crippen LogP contribution in [0.3, 0.4) is 0 Å². The van der Waals surface area contributed by atoms with Gasteiger partial charge < -0.3 is 0 Å². The molecule has 0 heterocycles. The number of unbranched alkanes of at least 4 members (excludes halogenated alkanes) is 1. The van der Waals surface area contributed by atoms with Crippen LogP contribution in [0.15, 0.2) is 95.3 Å². The molecule has 2 aliphatic rings. The number of hydrogen-bond donors (Lipinski definition) is 0. The minimum Gasteiger partial charge on any atom is -0.0748 e. The van der Waals surface area contributed by atoms with Gasteiger partial charge in [-0.1, -0.05) is 138 Å². The third-order valence-electron chi connectivity index (χ3n) is 7.96. The maximum atomic E-state index is 2.55. The highest BCUT2D eigenvalue weighted by atomic mass is 28.2. The molecule has 0 bridgehead atoms. The Balaban J connectivity index is 1.34. The van der Waals surface area contributed by atoms with Crippen molar-refractivity contribution < 1.29 is 0 Å². The first-order valence-corrected chi connectivity index (χ1v) is 14.7. The summed E-state index contributed by atoms with van der Waals surface area (Å²) in [5.74, 6) is 0.542. The molecule has 37 heavy (non-hydrogen) atoms. The molecule has 2 radical (unpaired) electrons. The van der Waals surface area contributed by atoms with E-state index in [0.29, 0.717) is 5.92 Å². The average Bonchev–Trinajstić information content (AvgIpc) is 3.49. The molecule has 4 aromatic carbocycles. The Morgan fingerprint density at radius 1 is 0.703 bits per heavy atom. The van der Waals surface area contributed by atoms with E-state index < -0.39 is 0 Å². The van der Waals surface area contributed by atoms with Crippen molar-refractivity contribution in [3.8, 4) is 22.3 Å². The predicted octanol–water partition coefficient (Wildman–Crippen LogP) is 9.57. The van der Waals surface area contributed by atoms with Crippen molar-refractivity contribution in [1.82, 2.24) is 0 Å². The van der Waals surface area contributed by atoms with Gasteiger partial charge in [0.05, 0.1) is 0 Å². The highest BCUT2D eigenvalue weighted by Crippen LogP contribution is 2.44. The molecule has 0 spiro atoms. The van der Waals surface area contributed by atoms with E-state index in [-0.39, 0.29) is 0 Å². The lowest BCUT2D eigenvalue weighted by molar-refractivity contribution is 0.663. The van der Waals surface area contributed by atoms with E-state index in [1.165, 1.54) is 74.9 Å². The van der Waals surface area contributed by atoms with E-state index in [1.807, 2.05) is 0 Å². The molecule has 0 amide bonds. The summed E-state index contributed by atoms with van der Waals surface area (Å²) < 4.78 is 0. The Morgan fingerprint density at radius 2 is 1.32 bits per heavy atom. The molecule has 0 aromatic heterocycles. The monoisotopic (exact) mass is 494 g/mol. The fourth-order valence-electron chi connectivity index (χ4n) is 5.92. The van der Waals surface area contributed by atoms with Crippen LogP contribution in [0.5, 0.6) is 0 Å².